The van der Waals surface area contributed by atoms with E-state index in [2.05, 4.69) is 17.2 Å². The van der Waals surface area contributed by atoms with E-state index in [1.54, 1.807) is 0 Å². The average molecular weight is 251 g/mol. The minimum Gasteiger partial charge on any atom is -0.469 e. The summed E-state index contributed by atoms with van der Waals surface area (Å²) in [5.74, 6) is 1.13. The molecule has 0 aromatic carbocycles. The molecule has 1 heterocycles. The van der Waals surface area contributed by atoms with Gasteiger partial charge in [-0.3, -0.25) is 0 Å². The Hall–Kier alpha value is -0.530. The molecule has 2 heteroatoms. The van der Waals surface area contributed by atoms with Crippen molar-refractivity contribution in [3.05, 3.63) is 5.32 Å². The molecule has 1 rings (SSSR count). The van der Waals surface area contributed by atoms with Crippen LogP contribution in [0.25, 0.3) is 5.32 Å². The Balaban J connectivity index is 1.71. The van der Waals surface area contributed by atoms with E-state index < -0.39 is 0 Å². The molecule has 106 valence electrons. The molecule has 1 aliphatic heterocycles. The highest BCUT2D eigenvalue weighted by atomic mass is 15.1. The second kappa shape index (κ2) is 11.6. The summed E-state index contributed by atoms with van der Waals surface area (Å²) >= 11 is 0. The van der Waals surface area contributed by atoms with E-state index in [4.69, 9.17) is 0 Å². The summed E-state index contributed by atoms with van der Waals surface area (Å²) in [4.78, 5) is 4.37. The first kappa shape index (κ1) is 15.5. The van der Waals surface area contributed by atoms with Gasteiger partial charge in [-0.05, 0) is 12.8 Å². The van der Waals surface area contributed by atoms with Crippen molar-refractivity contribution in [1.82, 2.24) is 0 Å². The van der Waals surface area contributed by atoms with Crippen LogP contribution in [0.15, 0.2) is 4.99 Å². The van der Waals surface area contributed by atoms with E-state index in [9.17, 15) is 0 Å². The Morgan fingerprint density at radius 1 is 0.833 bits per heavy atom. The minimum atomic E-state index is 0.938. The van der Waals surface area contributed by atoms with Gasteiger partial charge in [0.2, 0.25) is 0 Å². The lowest BCUT2D eigenvalue weighted by molar-refractivity contribution is 0.552. The number of amidine groups is 1. The lowest BCUT2D eigenvalue weighted by Gasteiger charge is -2.09. The van der Waals surface area contributed by atoms with Gasteiger partial charge in [-0.2, -0.15) is 0 Å². The van der Waals surface area contributed by atoms with Gasteiger partial charge in [-0.25, -0.2) is 0 Å². The Morgan fingerprint density at radius 3 is 1.89 bits per heavy atom. The highest BCUT2D eigenvalue weighted by Gasteiger charge is 1.95. The first-order chi connectivity index (χ1) is 8.93. The first-order valence-corrected chi connectivity index (χ1v) is 8.14. The van der Waals surface area contributed by atoms with Gasteiger partial charge >= 0.3 is 0 Å². The van der Waals surface area contributed by atoms with Gasteiger partial charge in [0.05, 0.1) is 0 Å². The van der Waals surface area contributed by atoms with E-state index in [0.717, 1.165) is 25.3 Å². The molecule has 18 heavy (non-hydrogen) atoms. The summed E-state index contributed by atoms with van der Waals surface area (Å²) in [5.41, 5.74) is 0. The Kier molecular flexibility index (Phi) is 9.97. The summed E-state index contributed by atoms with van der Waals surface area (Å²) in [6, 6.07) is 0. The van der Waals surface area contributed by atoms with Gasteiger partial charge in [0.25, 0.3) is 0 Å². The summed E-state index contributed by atoms with van der Waals surface area (Å²) in [7, 11) is 0. The highest BCUT2D eigenvalue weighted by molar-refractivity contribution is 5.95. The maximum Gasteiger partial charge on any atom is -0.0362 e. The summed E-state index contributed by atoms with van der Waals surface area (Å²) in [6.45, 7) is 4.16. The maximum absolute atomic E-state index is 4.37. The molecule has 0 unspecified atom stereocenters. The predicted octanol–water partition coefficient (Wildman–Crippen LogP) is 5.47. The van der Waals surface area contributed by atoms with E-state index in [1.165, 1.54) is 70.6 Å². The van der Waals surface area contributed by atoms with Crippen molar-refractivity contribution < 1.29 is 0 Å². The second-order valence-electron chi connectivity index (χ2n) is 5.47. The highest BCUT2D eigenvalue weighted by Crippen LogP contribution is 2.14. The molecule has 0 atom stereocenters. The molecule has 0 saturated carbocycles. The van der Waals surface area contributed by atoms with Crippen LogP contribution in [0.4, 0.5) is 0 Å². The Bertz CT molecular complexity index is 211. The topological polar surface area (TPSA) is 26.5 Å². The van der Waals surface area contributed by atoms with Crippen LogP contribution in [0.5, 0.6) is 0 Å². The van der Waals surface area contributed by atoms with E-state index >= 15 is 0 Å². The third-order valence-corrected chi connectivity index (χ3v) is 3.69. The second-order valence-corrected chi connectivity index (χ2v) is 5.47. The summed E-state index contributed by atoms with van der Waals surface area (Å²) in [6.07, 6.45) is 16.6. The molecule has 1 aliphatic rings. The van der Waals surface area contributed by atoms with Gasteiger partial charge in [0.15, 0.2) is 0 Å². The van der Waals surface area contributed by atoms with Crippen LogP contribution < -0.4 is 0 Å². The van der Waals surface area contributed by atoms with Crippen molar-refractivity contribution in [3.8, 4) is 0 Å². The van der Waals surface area contributed by atoms with Gasteiger partial charge in [-0.15, -0.1) is 0 Å². The molecular formula is C16H31N2-. The lowest BCUT2D eigenvalue weighted by Crippen LogP contribution is -1.92. The third-order valence-electron chi connectivity index (χ3n) is 3.69. The predicted molar refractivity (Wildman–Crippen MR) is 81.6 cm³/mol. The quantitative estimate of drug-likeness (QED) is 0.411. The largest absolute Gasteiger partial charge is 0.469 e. The number of aliphatic imine (C=N–C) groups is 1. The molecule has 0 saturated heterocycles. The maximum atomic E-state index is 4.37. The molecule has 2 nitrogen and oxygen atoms in total. The molecule has 0 aliphatic carbocycles. The Labute approximate surface area is 114 Å². The van der Waals surface area contributed by atoms with Gasteiger partial charge in [0.1, 0.15) is 0 Å². The number of nitrogens with zero attached hydrogens (tertiary/aromatic N) is 2. The molecule has 0 aromatic heterocycles. The van der Waals surface area contributed by atoms with Crippen LogP contribution in [-0.4, -0.2) is 18.9 Å². The Morgan fingerprint density at radius 2 is 1.39 bits per heavy atom. The van der Waals surface area contributed by atoms with Crippen LogP contribution in [0.2, 0.25) is 0 Å². The number of hydrogen-bond donors (Lipinski definition) is 0. The zero-order valence-corrected chi connectivity index (χ0v) is 12.3. The molecule has 0 bridgehead atoms. The van der Waals surface area contributed by atoms with Crippen molar-refractivity contribution >= 4 is 5.84 Å². The fourth-order valence-electron chi connectivity index (χ4n) is 2.51. The van der Waals surface area contributed by atoms with Crippen LogP contribution >= 0.6 is 0 Å². The van der Waals surface area contributed by atoms with Gasteiger partial charge in [-0.1, -0.05) is 90.1 Å². The molecule has 0 spiro atoms. The van der Waals surface area contributed by atoms with Crippen LogP contribution in [0.3, 0.4) is 0 Å². The SMILES string of the molecule is CCCCCCCCCCCCCC1=NCC[N-]1. The van der Waals surface area contributed by atoms with E-state index in [1.807, 2.05) is 0 Å². The number of rotatable bonds is 12. The van der Waals surface area contributed by atoms with Gasteiger partial charge < -0.3 is 10.3 Å². The number of hydrogen-bond acceptors (Lipinski definition) is 1. The number of unbranched alkanes of at least 4 members (excludes halogenated alkanes) is 10. The van der Waals surface area contributed by atoms with E-state index in [0.29, 0.717) is 0 Å². The van der Waals surface area contributed by atoms with Crippen molar-refractivity contribution in [1.29, 1.82) is 0 Å². The molecular weight excluding hydrogens is 220 g/mol. The first-order valence-electron chi connectivity index (χ1n) is 8.14. The standard InChI is InChI=1S/C16H31N2/c1-2-3-4-5-6-7-8-9-10-11-12-13-16-17-14-15-18-16/h2-15H2,1H3/q-1. The lowest BCUT2D eigenvalue weighted by atomic mass is 10.1. The molecule has 0 radical (unpaired) electrons. The van der Waals surface area contributed by atoms with Crippen LogP contribution in [0.1, 0.15) is 84.0 Å². The van der Waals surface area contributed by atoms with Gasteiger partial charge in [0, 0.05) is 0 Å². The van der Waals surface area contributed by atoms with Crippen molar-refractivity contribution in [3.63, 3.8) is 0 Å². The van der Waals surface area contributed by atoms with Crippen molar-refractivity contribution in [2.24, 2.45) is 4.99 Å². The smallest absolute Gasteiger partial charge is 0.0362 e. The zero-order chi connectivity index (χ0) is 12.9. The normalized spacial score (nSPS) is 14.6. The van der Waals surface area contributed by atoms with Crippen molar-refractivity contribution in [2.45, 2.75) is 84.0 Å². The fourth-order valence-corrected chi connectivity index (χ4v) is 2.51. The molecule has 0 N–H and O–H groups in total. The summed E-state index contributed by atoms with van der Waals surface area (Å²) in [5, 5.41) is 4.37. The molecule has 0 amide bonds. The zero-order valence-electron chi connectivity index (χ0n) is 12.3. The fraction of sp³-hybridized carbons (Fsp3) is 0.938. The van der Waals surface area contributed by atoms with E-state index in [-0.39, 0.29) is 0 Å². The summed E-state index contributed by atoms with van der Waals surface area (Å²) < 4.78 is 0. The molecule has 0 aromatic rings. The van der Waals surface area contributed by atoms with Crippen LogP contribution in [0, 0.1) is 0 Å². The molecule has 0 fully saturated rings. The average Bonchev–Trinajstić information content (AvgIpc) is 2.89. The monoisotopic (exact) mass is 251 g/mol. The minimum absolute atomic E-state index is 0.938. The third kappa shape index (κ3) is 8.54. The van der Waals surface area contributed by atoms with Crippen LogP contribution in [-0.2, 0) is 0 Å². The van der Waals surface area contributed by atoms with Crippen molar-refractivity contribution in [2.75, 3.05) is 13.1 Å².